The third-order valence-corrected chi connectivity index (χ3v) is 2.76. The molecule has 1 aliphatic rings. The highest BCUT2D eigenvalue weighted by Gasteiger charge is 2.16. The van der Waals surface area contributed by atoms with E-state index in [9.17, 15) is 4.79 Å². The lowest BCUT2D eigenvalue weighted by Crippen LogP contribution is -2.14. The smallest absolute Gasteiger partial charge is 0.266 e. The molecule has 3 nitrogen and oxygen atoms in total. The molecule has 1 atom stereocenters. The molecule has 0 aliphatic heterocycles. The van der Waals surface area contributed by atoms with Crippen molar-refractivity contribution in [3.63, 3.8) is 0 Å². The van der Waals surface area contributed by atoms with Gasteiger partial charge in [-0.15, -0.1) is 0 Å². The highest BCUT2D eigenvalue weighted by Crippen LogP contribution is 2.28. The highest BCUT2D eigenvalue weighted by atomic mass is 16.1. The number of H-pyrrole nitrogens is 1. The number of aromatic nitrogens is 1. The van der Waals surface area contributed by atoms with Gasteiger partial charge in [0.25, 0.3) is 5.56 Å². The van der Waals surface area contributed by atoms with Crippen LogP contribution in [-0.4, -0.2) is 4.98 Å². The zero-order valence-electron chi connectivity index (χ0n) is 8.36. The van der Waals surface area contributed by atoms with Gasteiger partial charge in [-0.05, 0) is 30.9 Å². The summed E-state index contributed by atoms with van der Waals surface area (Å²) in [4.78, 5) is 13.9. The van der Waals surface area contributed by atoms with Crippen LogP contribution in [0.1, 0.15) is 36.3 Å². The van der Waals surface area contributed by atoms with Crippen LogP contribution >= 0.6 is 0 Å². The lowest BCUT2D eigenvalue weighted by Gasteiger charge is -2.16. The molecule has 0 bridgehead atoms. The van der Waals surface area contributed by atoms with Crippen molar-refractivity contribution in [3.8, 4) is 6.07 Å². The highest BCUT2D eigenvalue weighted by molar-refractivity contribution is 5.39. The van der Waals surface area contributed by atoms with Gasteiger partial charge in [-0.25, -0.2) is 0 Å². The number of rotatable bonds is 1. The number of hydrogen-bond donors (Lipinski definition) is 1. The summed E-state index contributed by atoms with van der Waals surface area (Å²) in [5, 5.41) is 8.94. The minimum absolute atomic E-state index is 0.232. The van der Waals surface area contributed by atoms with E-state index < -0.39 is 0 Å². The first-order valence-corrected chi connectivity index (χ1v) is 5.11. The van der Waals surface area contributed by atoms with Crippen LogP contribution in [0.3, 0.4) is 0 Å². The number of pyridine rings is 1. The second-order valence-corrected chi connectivity index (χ2v) is 3.71. The summed E-state index contributed by atoms with van der Waals surface area (Å²) in [7, 11) is 0. The average molecular weight is 200 g/mol. The van der Waals surface area contributed by atoms with Crippen LogP contribution < -0.4 is 5.56 Å². The monoisotopic (exact) mass is 200 g/mol. The standard InChI is InChI=1S/C12H12N2O/c13-8-11-10(6-7-14-12(11)15)9-4-2-1-3-5-9/h2,4,6-7,9H,1,3,5H2,(H,14,15). The number of aromatic amines is 1. The quantitative estimate of drug-likeness (QED) is 0.705. The van der Waals surface area contributed by atoms with Crippen molar-refractivity contribution in [2.75, 3.05) is 0 Å². The number of allylic oxidation sites excluding steroid dienone is 2. The maximum absolute atomic E-state index is 11.4. The molecule has 0 saturated carbocycles. The Kier molecular flexibility index (Phi) is 2.68. The summed E-state index contributed by atoms with van der Waals surface area (Å²) in [5.41, 5.74) is 0.834. The largest absolute Gasteiger partial charge is 0.328 e. The van der Waals surface area contributed by atoms with E-state index in [2.05, 4.69) is 17.1 Å². The maximum atomic E-state index is 11.4. The number of nitrogens with zero attached hydrogens (tertiary/aromatic N) is 1. The molecule has 0 amide bonds. The molecule has 0 aromatic carbocycles. The van der Waals surface area contributed by atoms with E-state index >= 15 is 0 Å². The summed E-state index contributed by atoms with van der Waals surface area (Å²) in [5.74, 6) is 0.232. The van der Waals surface area contributed by atoms with E-state index in [1.807, 2.05) is 12.1 Å². The Balaban J connectivity index is 2.48. The summed E-state index contributed by atoms with van der Waals surface area (Å²) < 4.78 is 0. The van der Waals surface area contributed by atoms with E-state index in [0.717, 1.165) is 24.8 Å². The van der Waals surface area contributed by atoms with Crippen molar-refractivity contribution in [3.05, 3.63) is 45.9 Å². The van der Waals surface area contributed by atoms with Crippen LogP contribution in [-0.2, 0) is 0 Å². The van der Waals surface area contributed by atoms with Crippen molar-refractivity contribution in [1.82, 2.24) is 4.98 Å². The second-order valence-electron chi connectivity index (χ2n) is 3.71. The fourth-order valence-corrected chi connectivity index (χ4v) is 1.99. The molecule has 1 aromatic heterocycles. The van der Waals surface area contributed by atoms with E-state index in [4.69, 9.17) is 5.26 Å². The van der Waals surface area contributed by atoms with Gasteiger partial charge >= 0.3 is 0 Å². The van der Waals surface area contributed by atoms with Crippen molar-refractivity contribution in [2.45, 2.75) is 25.2 Å². The fraction of sp³-hybridized carbons (Fsp3) is 0.333. The molecule has 2 rings (SSSR count). The lowest BCUT2D eigenvalue weighted by molar-refractivity contribution is 0.652. The first kappa shape index (κ1) is 9.72. The molecule has 0 radical (unpaired) electrons. The van der Waals surface area contributed by atoms with Gasteiger partial charge in [-0.3, -0.25) is 4.79 Å². The van der Waals surface area contributed by atoms with Crippen molar-refractivity contribution in [2.24, 2.45) is 0 Å². The van der Waals surface area contributed by atoms with Crippen LogP contribution in [0.2, 0.25) is 0 Å². The molecule has 15 heavy (non-hydrogen) atoms. The van der Waals surface area contributed by atoms with Crippen molar-refractivity contribution < 1.29 is 0 Å². The molecule has 3 heteroatoms. The maximum Gasteiger partial charge on any atom is 0.266 e. The van der Waals surface area contributed by atoms with Crippen molar-refractivity contribution >= 4 is 0 Å². The van der Waals surface area contributed by atoms with Gasteiger partial charge in [0.15, 0.2) is 0 Å². The number of nitriles is 1. The molecule has 1 aliphatic carbocycles. The third kappa shape index (κ3) is 1.84. The Morgan fingerprint density at radius 3 is 3.07 bits per heavy atom. The van der Waals surface area contributed by atoms with E-state index in [-0.39, 0.29) is 17.0 Å². The molecular weight excluding hydrogens is 188 g/mol. The molecule has 0 saturated heterocycles. The van der Waals surface area contributed by atoms with E-state index in [1.165, 1.54) is 0 Å². The molecule has 1 aromatic rings. The lowest BCUT2D eigenvalue weighted by atomic mass is 9.87. The zero-order chi connectivity index (χ0) is 10.7. The molecule has 0 spiro atoms. The summed E-state index contributed by atoms with van der Waals surface area (Å²) in [6.45, 7) is 0. The number of hydrogen-bond acceptors (Lipinski definition) is 2. The van der Waals surface area contributed by atoms with Gasteiger partial charge in [0.2, 0.25) is 0 Å². The Labute approximate surface area is 88.1 Å². The third-order valence-electron chi connectivity index (χ3n) is 2.76. The minimum atomic E-state index is -0.283. The normalized spacial score (nSPS) is 19.8. The molecule has 76 valence electrons. The van der Waals surface area contributed by atoms with Gasteiger partial charge < -0.3 is 4.98 Å². The Hall–Kier alpha value is -1.82. The van der Waals surface area contributed by atoms with Crippen LogP contribution in [0.5, 0.6) is 0 Å². The van der Waals surface area contributed by atoms with Crippen molar-refractivity contribution in [1.29, 1.82) is 5.26 Å². The van der Waals surface area contributed by atoms with Crippen LogP contribution in [0, 0.1) is 11.3 Å². The first-order valence-electron chi connectivity index (χ1n) is 5.11. The SMILES string of the molecule is N#Cc1c(C2C=CCCC2)cc[nH]c1=O. The Bertz CT molecular complexity index is 479. The van der Waals surface area contributed by atoms with Gasteiger partial charge in [0.1, 0.15) is 11.6 Å². The van der Waals surface area contributed by atoms with E-state index in [0.29, 0.717) is 0 Å². The summed E-state index contributed by atoms with van der Waals surface area (Å²) in [6.07, 6.45) is 9.08. The summed E-state index contributed by atoms with van der Waals surface area (Å²) >= 11 is 0. The second kappa shape index (κ2) is 4.14. The molecule has 1 heterocycles. The van der Waals surface area contributed by atoms with Crippen LogP contribution in [0.15, 0.2) is 29.2 Å². The zero-order valence-corrected chi connectivity index (χ0v) is 8.36. The Morgan fingerprint density at radius 1 is 1.53 bits per heavy atom. The predicted octanol–water partition coefficient (Wildman–Crippen LogP) is 2.07. The van der Waals surface area contributed by atoms with Gasteiger partial charge in [0.05, 0.1) is 0 Å². The molecule has 1 unspecified atom stereocenters. The van der Waals surface area contributed by atoms with E-state index in [1.54, 1.807) is 6.20 Å². The van der Waals surface area contributed by atoms with Crippen LogP contribution in [0.4, 0.5) is 0 Å². The average Bonchev–Trinajstić information content (AvgIpc) is 2.30. The number of nitrogens with one attached hydrogen (secondary N) is 1. The van der Waals surface area contributed by atoms with Gasteiger partial charge in [-0.2, -0.15) is 5.26 Å². The Morgan fingerprint density at radius 2 is 2.40 bits per heavy atom. The first-order chi connectivity index (χ1) is 7.33. The topological polar surface area (TPSA) is 56.6 Å². The molecule has 1 N–H and O–H groups in total. The van der Waals surface area contributed by atoms with Gasteiger partial charge in [0, 0.05) is 12.1 Å². The molecular formula is C12H12N2O. The molecule has 0 fully saturated rings. The fourth-order valence-electron chi connectivity index (χ4n) is 1.99. The predicted molar refractivity (Wildman–Crippen MR) is 57.5 cm³/mol. The van der Waals surface area contributed by atoms with Crippen LogP contribution in [0.25, 0.3) is 0 Å². The summed E-state index contributed by atoms with van der Waals surface area (Å²) in [6, 6.07) is 3.82. The minimum Gasteiger partial charge on any atom is -0.328 e. The van der Waals surface area contributed by atoms with Gasteiger partial charge in [-0.1, -0.05) is 12.2 Å².